The van der Waals surface area contributed by atoms with Gasteiger partial charge in [-0.05, 0) is 48.3 Å². The second-order valence-electron chi connectivity index (χ2n) is 4.27. The molecule has 0 fully saturated rings. The maximum absolute atomic E-state index is 4.46. The van der Waals surface area contributed by atoms with Gasteiger partial charge in [0.2, 0.25) is 0 Å². The fraction of sp³-hybridized carbons (Fsp3) is 0.125. The summed E-state index contributed by atoms with van der Waals surface area (Å²) in [5, 5.41) is 0. The van der Waals surface area contributed by atoms with Crippen LogP contribution in [0.4, 0.5) is 0 Å². The molecule has 0 atom stereocenters. The molecule has 0 bridgehead atoms. The summed E-state index contributed by atoms with van der Waals surface area (Å²) in [6, 6.07) is 12.1. The van der Waals surface area contributed by atoms with E-state index in [-0.39, 0.29) is 0 Å². The topological polar surface area (TPSA) is 25.8 Å². The third kappa shape index (κ3) is 2.09. The quantitative estimate of drug-likeness (QED) is 0.740. The Morgan fingerprint density at radius 1 is 0.667 bits per heavy atom. The maximum atomic E-state index is 4.46. The van der Waals surface area contributed by atoms with Crippen LogP contribution in [-0.4, -0.2) is 9.97 Å². The summed E-state index contributed by atoms with van der Waals surface area (Å²) < 4.78 is 0. The smallest absolute Gasteiger partial charge is 0.0668 e. The molecule has 0 aromatic carbocycles. The molecular formula is C16H14N2. The van der Waals surface area contributed by atoms with Crippen molar-refractivity contribution >= 4 is 11.1 Å². The zero-order valence-electron chi connectivity index (χ0n) is 10.1. The second kappa shape index (κ2) is 4.96. The first-order valence-corrected chi connectivity index (χ1v) is 6.15. The first-order chi connectivity index (χ1) is 8.95. The number of rotatable bonds is 2. The van der Waals surface area contributed by atoms with Crippen LogP contribution in [0.25, 0.3) is 11.1 Å². The number of allylic oxidation sites excluding steroid dienone is 4. The van der Waals surface area contributed by atoms with E-state index in [2.05, 4.69) is 34.3 Å². The minimum Gasteiger partial charge on any atom is -0.257 e. The SMILES string of the molecule is C1=CCC(c2ccccn2)=C(c2ccccn2)C1. The highest BCUT2D eigenvalue weighted by molar-refractivity contribution is 5.90. The first kappa shape index (κ1) is 10.9. The van der Waals surface area contributed by atoms with Gasteiger partial charge in [-0.1, -0.05) is 24.3 Å². The highest BCUT2D eigenvalue weighted by atomic mass is 14.7. The van der Waals surface area contributed by atoms with Crippen molar-refractivity contribution in [2.75, 3.05) is 0 Å². The summed E-state index contributed by atoms with van der Waals surface area (Å²) in [5.74, 6) is 0. The predicted molar refractivity (Wildman–Crippen MR) is 73.7 cm³/mol. The van der Waals surface area contributed by atoms with Crippen molar-refractivity contribution in [1.82, 2.24) is 9.97 Å². The van der Waals surface area contributed by atoms with Crippen LogP contribution in [-0.2, 0) is 0 Å². The van der Waals surface area contributed by atoms with E-state index in [9.17, 15) is 0 Å². The molecule has 2 heteroatoms. The zero-order valence-corrected chi connectivity index (χ0v) is 10.1. The lowest BCUT2D eigenvalue weighted by Crippen LogP contribution is -1.98. The highest BCUT2D eigenvalue weighted by Gasteiger charge is 2.14. The Balaban J connectivity index is 2.10. The van der Waals surface area contributed by atoms with Gasteiger partial charge in [0.25, 0.3) is 0 Å². The van der Waals surface area contributed by atoms with Gasteiger partial charge >= 0.3 is 0 Å². The van der Waals surface area contributed by atoms with E-state index < -0.39 is 0 Å². The molecule has 0 radical (unpaired) electrons. The summed E-state index contributed by atoms with van der Waals surface area (Å²) in [5.41, 5.74) is 4.69. The molecular weight excluding hydrogens is 220 g/mol. The van der Waals surface area contributed by atoms with Gasteiger partial charge in [-0.2, -0.15) is 0 Å². The third-order valence-corrected chi connectivity index (χ3v) is 3.12. The Kier molecular flexibility index (Phi) is 3.01. The fourth-order valence-electron chi connectivity index (χ4n) is 2.25. The van der Waals surface area contributed by atoms with E-state index in [0.29, 0.717) is 0 Å². The molecule has 2 aromatic heterocycles. The molecule has 1 aliphatic carbocycles. The van der Waals surface area contributed by atoms with E-state index in [1.165, 1.54) is 11.1 Å². The maximum Gasteiger partial charge on any atom is 0.0668 e. The van der Waals surface area contributed by atoms with Gasteiger partial charge in [0, 0.05) is 12.4 Å². The molecule has 1 aliphatic rings. The van der Waals surface area contributed by atoms with Crippen molar-refractivity contribution in [1.29, 1.82) is 0 Å². The lowest BCUT2D eigenvalue weighted by atomic mass is 9.92. The standard InChI is InChI=1S/C16H14N2/c1-2-8-14(16-10-4-6-12-18-16)13(7-1)15-9-3-5-11-17-15/h1-6,9-12H,7-8H2. The van der Waals surface area contributed by atoms with Crippen LogP contribution in [0, 0.1) is 0 Å². The highest BCUT2D eigenvalue weighted by Crippen LogP contribution is 2.32. The first-order valence-electron chi connectivity index (χ1n) is 6.15. The largest absolute Gasteiger partial charge is 0.257 e. The molecule has 0 amide bonds. The number of hydrogen-bond donors (Lipinski definition) is 0. The minimum absolute atomic E-state index is 0.933. The van der Waals surface area contributed by atoms with Crippen LogP contribution >= 0.6 is 0 Å². The van der Waals surface area contributed by atoms with Crippen molar-refractivity contribution in [3.05, 3.63) is 72.3 Å². The molecule has 0 spiro atoms. The van der Waals surface area contributed by atoms with Crippen LogP contribution in [0.5, 0.6) is 0 Å². The predicted octanol–water partition coefficient (Wildman–Crippen LogP) is 3.74. The van der Waals surface area contributed by atoms with Gasteiger partial charge < -0.3 is 0 Å². The summed E-state index contributed by atoms with van der Waals surface area (Å²) in [6.07, 6.45) is 9.96. The molecule has 3 rings (SSSR count). The lowest BCUT2D eigenvalue weighted by Gasteiger charge is -2.15. The molecule has 0 unspecified atom stereocenters. The van der Waals surface area contributed by atoms with Gasteiger partial charge in [0.1, 0.15) is 0 Å². The number of pyridine rings is 2. The molecule has 0 saturated heterocycles. The average Bonchev–Trinajstić information content (AvgIpc) is 2.49. The van der Waals surface area contributed by atoms with Gasteiger partial charge in [-0.3, -0.25) is 9.97 Å². The molecule has 0 aliphatic heterocycles. The molecule has 2 nitrogen and oxygen atoms in total. The average molecular weight is 234 g/mol. The Bertz CT molecular complexity index is 530. The van der Waals surface area contributed by atoms with Gasteiger partial charge in [0.15, 0.2) is 0 Å². The third-order valence-electron chi connectivity index (χ3n) is 3.12. The summed E-state index contributed by atoms with van der Waals surface area (Å²) in [7, 11) is 0. The Hall–Kier alpha value is -2.22. The van der Waals surface area contributed by atoms with E-state index in [1.54, 1.807) is 0 Å². The van der Waals surface area contributed by atoms with Crippen LogP contribution in [0.3, 0.4) is 0 Å². The van der Waals surface area contributed by atoms with Gasteiger partial charge in [-0.25, -0.2) is 0 Å². The van der Waals surface area contributed by atoms with Crippen molar-refractivity contribution in [3.63, 3.8) is 0 Å². The number of hydrogen-bond acceptors (Lipinski definition) is 2. The molecule has 18 heavy (non-hydrogen) atoms. The lowest BCUT2D eigenvalue weighted by molar-refractivity contribution is 1.16. The van der Waals surface area contributed by atoms with Crippen molar-refractivity contribution in [3.8, 4) is 0 Å². The van der Waals surface area contributed by atoms with E-state index in [1.807, 2.05) is 36.7 Å². The molecule has 0 N–H and O–H groups in total. The van der Waals surface area contributed by atoms with Gasteiger partial charge in [-0.15, -0.1) is 0 Å². The zero-order chi connectivity index (χ0) is 12.2. The van der Waals surface area contributed by atoms with Crippen LogP contribution in [0.2, 0.25) is 0 Å². The van der Waals surface area contributed by atoms with Crippen LogP contribution in [0.1, 0.15) is 24.2 Å². The molecule has 2 heterocycles. The Labute approximate surface area is 107 Å². The summed E-state index contributed by atoms with van der Waals surface area (Å²) in [4.78, 5) is 8.92. The van der Waals surface area contributed by atoms with Crippen molar-refractivity contribution in [2.45, 2.75) is 12.8 Å². The number of aromatic nitrogens is 2. The number of nitrogens with zero attached hydrogens (tertiary/aromatic N) is 2. The van der Waals surface area contributed by atoms with Crippen molar-refractivity contribution in [2.24, 2.45) is 0 Å². The minimum atomic E-state index is 0.933. The van der Waals surface area contributed by atoms with E-state index >= 15 is 0 Å². The van der Waals surface area contributed by atoms with Crippen LogP contribution < -0.4 is 0 Å². The van der Waals surface area contributed by atoms with E-state index in [0.717, 1.165) is 24.2 Å². The van der Waals surface area contributed by atoms with E-state index in [4.69, 9.17) is 0 Å². The summed E-state index contributed by atoms with van der Waals surface area (Å²) >= 11 is 0. The fourth-order valence-corrected chi connectivity index (χ4v) is 2.25. The summed E-state index contributed by atoms with van der Waals surface area (Å²) in [6.45, 7) is 0. The normalized spacial score (nSPS) is 14.9. The van der Waals surface area contributed by atoms with Crippen molar-refractivity contribution < 1.29 is 0 Å². The Morgan fingerprint density at radius 2 is 1.17 bits per heavy atom. The van der Waals surface area contributed by atoms with Crippen LogP contribution in [0.15, 0.2) is 60.9 Å². The van der Waals surface area contributed by atoms with Gasteiger partial charge in [0.05, 0.1) is 11.4 Å². The molecule has 2 aromatic rings. The molecule has 0 saturated carbocycles. The Morgan fingerprint density at radius 3 is 1.56 bits per heavy atom. The monoisotopic (exact) mass is 234 g/mol. The second-order valence-corrected chi connectivity index (χ2v) is 4.27. The molecule has 88 valence electrons.